The molecule has 1 amide bonds. The largest absolute Gasteiger partial charge is 1.00 e. The Morgan fingerprint density at radius 1 is 1.47 bits per heavy atom. The van der Waals surface area contributed by atoms with Crippen LogP contribution < -0.4 is 34.7 Å². The molecule has 2 atom stereocenters. The molecule has 0 aromatic heterocycles. The summed E-state index contributed by atoms with van der Waals surface area (Å²) in [6, 6.07) is 0.0690. The van der Waals surface area contributed by atoms with E-state index >= 15 is 0 Å². The molecule has 0 bridgehead atoms. The van der Waals surface area contributed by atoms with E-state index in [9.17, 15) is 14.7 Å². The number of carboxylic acids is 1. The van der Waals surface area contributed by atoms with Crippen molar-refractivity contribution in [1.82, 2.24) is 4.90 Å². The van der Waals surface area contributed by atoms with Gasteiger partial charge in [-0.25, -0.2) is 0 Å². The number of aliphatic carboxylic acids is 1. The third kappa shape index (κ3) is 3.04. The first-order valence-electron chi connectivity index (χ1n) is 6.52. The molecule has 2 unspecified atom stereocenters. The van der Waals surface area contributed by atoms with Gasteiger partial charge in [0.25, 0.3) is 0 Å². The Morgan fingerprint density at radius 2 is 2.16 bits per heavy atom. The normalized spacial score (nSPS) is 24.9. The maximum Gasteiger partial charge on any atom is 1.00 e. The molecule has 100 valence electrons. The van der Waals surface area contributed by atoms with E-state index in [1.54, 1.807) is 11.8 Å². The van der Waals surface area contributed by atoms with Gasteiger partial charge in [0, 0.05) is 11.3 Å². The fourth-order valence-electron chi connectivity index (χ4n) is 2.66. The van der Waals surface area contributed by atoms with E-state index in [0.29, 0.717) is 6.42 Å². The van der Waals surface area contributed by atoms with Crippen molar-refractivity contribution in [1.29, 1.82) is 0 Å². The van der Waals surface area contributed by atoms with Gasteiger partial charge >= 0.3 is 29.6 Å². The number of unbranched alkanes of at least 4 members (excludes halogenated alkanes) is 1. The quantitative estimate of drug-likeness (QED) is 0.327. The second-order valence-electron chi connectivity index (χ2n) is 4.76. The molecular formula is C13H18NNaO3S. The molecular weight excluding hydrogens is 273 g/mol. The first kappa shape index (κ1) is 17.1. The van der Waals surface area contributed by atoms with Crippen LogP contribution in [-0.4, -0.2) is 28.6 Å². The van der Waals surface area contributed by atoms with Gasteiger partial charge in [0.15, 0.2) is 0 Å². The molecule has 0 aliphatic carbocycles. The number of fused-ring (bicyclic) bond motifs is 1. The predicted molar refractivity (Wildman–Crippen MR) is 68.4 cm³/mol. The predicted octanol–water partition coefficient (Wildman–Crippen LogP) is -1.87. The Balaban J connectivity index is 0.00000180. The molecule has 0 radical (unpaired) electrons. The first-order chi connectivity index (χ1) is 8.61. The molecule has 19 heavy (non-hydrogen) atoms. The molecule has 0 saturated carbocycles. The van der Waals surface area contributed by atoms with Crippen LogP contribution in [0.2, 0.25) is 0 Å². The average Bonchev–Trinajstić information content (AvgIpc) is 2.65. The molecule has 6 heteroatoms. The van der Waals surface area contributed by atoms with Gasteiger partial charge in [-0.3, -0.25) is 4.79 Å². The van der Waals surface area contributed by atoms with Crippen LogP contribution in [-0.2, 0) is 9.59 Å². The molecule has 1 fully saturated rings. The number of hydrogen-bond donors (Lipinski definition) is 0. The summed E-state index contributed by atoms with van der Waals surface area (Å²) in [6.45, 7) is 4.08. The Bertz CT molecular complexity index is 411. The summed E-state index contributed by atoms with van der Waals surface area (Å²) >= 11 is 1.57. The van der Waals surface area contributed by atoms with E-state index in [2.05, 4.69) is 6.92 Å². The van der Waals surface area contributed by atoms with Gasteiger partial charge in [-0.1, -0.05) is 20.3 Å². The Hall–Kier alpha value is 0.0300. The van der Waals surface area contributed by atoms with Crippen LogP contribution in [0.4, 0.5) is 0 Å². The summed E-state index contributed by atoms with van der Waals surface area (Å²) in [4.78, 5) is 25.3. The Labute approximate surface area is 140 Å². The van der Waals surface area contributed by atoms with E-state index < -0.39 is 5.97 Å². The second kappa shape index (κ2) is 7.16. The van der Waals surface area contributed by atoms with Crippen molar-refractivity contribution in [2.75, 3.05) is 5.75 Å². The van der Waals surface area contributed by atoms with Gasteiger partial charge in [-0.15, -0.1) is 11.8 Å². The summed E-state index contributed by atoms with van der Waals surface area (Å²) < 4.78 is 0. The van der Waals surface area contributed by atoms with Crippen molar-refractivity contribution < 1.29 is 44.3 Å². The van der Waals surface area contributed by atoms with Crippen LogP contribution in [0.15, 0.2) is 10.6 Å². The summed E-state index contributed by atoms with van der Waals surface area (Å²) in [5.41, 5.74) is 0.135. The Kier molecular flexibility index (Phi) is 6.43. The molecule has 2 rings (SSSR count). The van der Waals surface area contributed by atoms with Gasteiger partial charge in [0.1, 0.15) is 0 Å². The molecule has 2 aliphatic rings. The van der Waals surface area contributed by atoms with Gasteiger partial charge in [-0.2, -0.15) is 0 Å². The first-order valence-corrected chi connectivity index (χ1v) is 7.50. The summed E-state index contributed by atoms with van der Waals surface area (Å²) in [6.07, 6.45) is 3.63. The number of β-lactam (4-membered cyclic amide) rings is 1. The van der Waals surface area contributed by atoms with Crippen molar-refractivity contribution in [2.45, 2.75) is 45.6 Å². The molecule has 2 aliphatic heterocycles. The van der Waals surface area contributed by atoms with Crippen LogP contribution in [0.5, 0.6) is 0 Å². The number of amides is 1. The van der Waals surface area contributed by atoms with Crippen LogP contribution >= 0.6 is 11.8 Å². The zero-order valence-corrected chi connectivity index (χ0v) is 14.6. The molecule has 0 spiro atoms. The fourth-order valence-corrected chi connectivity index (χ4v) is 3.95. The third-order valence-electron chi connectivity index (χ3n) is 3.66. The average molecular weight is 291 g/mol. The van der Waals surface area contributed by atoms with E-state index in [4.69, 9.17) is 0 Å². The van der Waals surface area contributed by atoms with E-state index in [0.717, 1.165) is 29.9 Å². The zero-order valence-electron chi connectivity index (χ0n) is 11.8. The van der Waals surface area contributed by atoms with E-state index in [1.165, 1.54) is 4.90 Å². The number of nitrogens with zero attached hydrogens (tertiary/aromatic N) is 1. The number of hydrogen-bond acceptors (Lipinski definition) is 4. The summed E-state index contributed by atoms with van der Waals surface area (Å²) in [7, 11) is 0. The number of rotatable bonds is 6. The zero-order chi connectivity index (χ0) is 13.3. The van der Waals surface area contributed by atoms with Crippen LogP contribution in [0.1, 0.15) is 39.5 Å². The minimum atomic E-state index is -1.21. The van der Waals surface area contributed by atoms with E-state index in [1.807, 2.05) is 6.92 Å². The van der Waals surface area contributed by atoms with Crippen molar-refractivity contribution in [3.8, 4) is 0 Å². The van der Waals surface area contributed by atoms with Crippen molar-refractivity contribution in [2.24, 2.45) is 5.92 Å². The minimum absolute atomic E-state index is 0. The maximum absolute atomic E-state index is 11.9. The molecule has 0 aromatic rings. The smallest absolute Gasteiger partial charge is 0.543 e. The molecule has 1 saturated heterocycles. The Morgan fingerprint density at radius 3 is 2.68 bits per heavy atom. The second-order valence-corrected chi connectivity index (χ2v) is 5.95. The van der Waals surface area contributed by atoms with E-state index in [-0.39, 0.29) is 53.1 Å². The fraction of sp³-hybridized carbons (Fsp3) is 0.692. The monoisotopic (exact) mass is 291 g/mol. The van der Waals surface area contributed by atoms with Gasteiger partial charge in [0.05, 0.1) is 23.6 Å². The van der Waals surface area contributed by atoms with Crippen molar-refractivity contribution in [3.05, 3.63) is 10.6 Å². The number of thioether (sulfide) groups is 1. The topological polar surface area (TPSA) is 60.4 Å². The molecule has 0 aromatic carbocycles. The maximum atomic E-state index is 11.9. The van der Waals surface area contributed by atoms with Gasteiger partial charge in [0.2, 0.25) is 5.91 Å². The molecule has 0 N–H and O–H groups in total. The van der Waals surface area contributed by atoms with Crippen LogP contribution in [0.3, 0.4) is 0 Å². The van der Waals surface area contributed by atoms with Crippen LogP contribution in [0.25, 0.3) is 0 Å². The molecule has 4 nitrogen and oxygen atoms in total. The van der Waals surface area contributed by atoms with Gasteiger partial charge < -0.3 is 14.8 Å². The third-order valence-corrected chi connectivity index (χ3v) is 4.86. The standard InChI is InChI=1S/C13H19NO3S.Na/c1-3-5-6-18-10-7-9-8(4-2)12(15)14(9)11(10)13(16)17;/h8-9H,3-7H2,1-2H3,(H,16,17);/q;+1/p-1. The van der Waals surface area contributed by atoms with Crippen molar-refractivity contribution in [3.63, 3.8) is 0 Å². The minimum Gasteiger partial charge on any atom is -0.543 e. The van der Waals surface area contributed by atoms with Crippen LogP contribution in [0, 0.1) is 5.92 Å². The number of carbonyl (C=O) groups is 2. The summed E-state index contributed by atoms with van der Waals surface area (Å²) in [5, 5.41) is 11.2. The SMILES string of the molecule is CCCCSC1=C(C(=O)[O-])N2C(=O)C(CC)C2C1.[Na+]. The summed E-state index contributed by atoms with van der Waals surface area (Å²) in [5.74, 6) is -0.343. The van der Waals surface area contributed by atoms with Crippen molar-refractivity contribution >= 4 is 23.6 Å². The van der Waals surface area contributed by atoms with Gasteiger partial charge in [-0.05, 0) is 18.6 Å². The number of carbonyl (C=O) groups excluding carboxylic acids is 2. The number of carboxylic acid groups (broad SMARTS) is 1. The molecule has 2 heterocycles.